The van der Waals surface area contributed by atoms with Crippen LogP contribution in [0.1, 0.15) is 21.5 Å². The van der Waals surface area contributed by atoms with Gasteiger partial charge >= 0.3 is 0 Å². The van der Waals surface area contributed by atoms with E-state index in [1.807, 2.05) is 32.0 Å². The van der Waals surface area contributed by atoms with Crippen LogP contribution in [0.5, 0.6) is 0 Å². The largest absolute Gasteiger partial charge is 0.345 e. The molecule has 4 nitrogen and oxygen atoms in total. The highest BCUT2D eigenvalue weighted by Gasteiger charge is 2.12. The number of aromatic nitrogens is 2. The van der Waals surface area contributed by atoms with Crippen LogP contribution >= 0.6 is 15.9 Å². The molecule has 1 amide bonds. The second-order valence-corrected chi connectivity index (χ2v) is 5.88. The molecular weight excluding hydrogens is 330 g/mol. The second-order valence-electron chi connectivity index (χ2n) is 5.03. The fraction of sp³-hybridized carbons (Fsp3) is 0.125. The summed E-state index contributed by atoms with van der Waals surface area (Å²) in [7, 11) is 0. The molecule has 0 aliphatic rings. The van der Waals surface area contributed by atoms with Gasteiger partial charge in [0.05, 0.1) is 23.0 Å². The van der Waals surface area contributed by atoms with Gasteiger partial charge in [-0.15, -0.1) is 0 Å². The van der Waals surface area contributed by atoms with Crippen molar-refractivity contribution in [2.75, 3.05) is 5.32 Å². The number of carbonyl (C=O) groups excluding carboxylic acids is 1. The molecule has 0 atom stereocenters. The average molecular weight is 344 g/mol. The molecule has 106 valence electrons. The molecule has 2 N–H and O–H groups in total. The number of nitrogens with one attached hydrogen (secondary N) is 2. The predicted octanol–water partition coefficient (Wildman–Crippen LogP) is 4.19. The van der Waals surface area contributed by atoms with Gasteiger partial charge in [-0.2, -0.15) is 0 Å². The maximum absolute atomic E-state index is 12.4. The molecule has 3 rings (SSSR count). The Morgan fingerprint density at radius 1 is 1.24 bits per heavy atom. The zero-order valence-corrected chi connectivity index (χ0v) is 13.3. The molecule has 0 aliphatic carbocycles. The van der Waals surface area contributed by atoms with Crippen molar-refractivity contribution in [2.24, 2.45) is 0 Å². The van der Waals surface area contributed by atoms with E-state index in [-0.39, 0.29) is 5.91 Å². The molecular formula is C16H14BrN3O. The van der Waals surface area contributed by atoms with Crippen LogP contribution in [0.3, 0.4) is 0 Å². The first kappa shape index (κ1) is 13.8. The fourth-order valence-electron chi connectivity index (χ4n) is 2.34. The number of nitrogens with zero attached hydrogens (tertiary/aromatic N) is 1. The SMILES string of the molecule is Cc1cc(C)c(NC(=O)c2ccc3nc[nH]c3c2)c(Br)c1. The number of carbonyl (C=O) groups is 1. The molecule has 0 radical (unpaired) electrons. The minimum atomic E-state index is -0.140. The van der Waals surface area contributed by atoms with Gasteiger partial charge in [-0.25, -0.2) is 4.98 Å². The Bertz CT molecular complexity index is 815. The van der Waals surface area contributed by atoms with Gasteiger partial charge in [0.15, 0.2) is 0 Å². The number of halogens is 1. The number of H-pyrrole nitrogens is 1. The summed E-state index contributed by atoms with van der Waals surface area (Å²) in [5.74, 6) is -0.140. The van der Waals surface area contributed by atoms with E-state index in [0.717, 1.165) is 32.3 Å². The molecule has 5 heteroatoms. The van der Waals surface area contributed by atoms with Crippen LogP contribution in [0.4, 0.5) is 5.69 Å². The van der Waals surface area contributed by atoms with E-state index in [1.54, 1.807) is 18.5 Å². The normalized spacial score (nSPS) is 10.8. The number of fused-ring (bicyclic) bond motifs is 1. The molecule has 1 heterocycles. The molecule has 0 saturated heterocycles. The number of aryl methyl sites for hydroxylation is 2. The summed E-state index contributed by atoms with van der Waals surface area (Å²) in [5, 5.41) is 2.96. The second kappa shape index (κ2) is 5.33. The molecule has 0 unspecified atom stereocenters. The van der Waals surface area contributed by atoms with E-state index in [1.165, 1.54) is 0 Å². The van der Waals surface area contributed by atoms with Crippen LogP contribution in [0.2, 0.25) is 0 Å². The third kappa shape index (κ3) is 2.69. The topological polar surface area (TPSA) is 57.8 Å². The summed E-state index contributed by atoms with van der Waals surface area (Å²) in [6, 6.07) is 9.43. The minimum Gasteiger partial charge on any atom is -0.345 e. The summed E-state index contributed by atoms with van der Waals surface area (Å²) in [4.78, 5) is 19.6. The van der Waals surface area contributed by atoms with Gasteiger partial charge in [-0.3, -0.25) is 4.79 Å². The lowest BCUT2D eigenvalue weighted by molar-refractivity contribution is 0.102. The Morgan fingerprint density at radius 2 is 2.05 bits per heavy atom. The maximum Gasteiger partial charge on any atom is 0.255 e. The summed E-state index contributed by atoms with van der Waals surface area (Å²) in [6.07, 6.45) is 1.62. The van der Waals surface area contributed by atoms with Crippen molar-refractivity contribution in [1.29, 1.82) is 0 Å². The Morgan fingerprint density at radius 3 is 2.81 bits per heavy atom. The average Bonchev–Trinajstić information content (AvgIpc) is 2.89. The smallest absolute Gasteiger partial charge is 0.255 e. The van der Waals surface area contributed by atoms with Gasteiger partial charge in [0.25, 0.3) is 5.91 Å². The van der Waals surface area contributed by atoms with E-state index < -0.39 is 0 Å². The van der Waals surface area contributed by atoms with Crippen molar-refractivity contribution in [3.8, 4) is 0 Å². The van der Waals surface area contributed by atoms with E-state index in [4.69, 9.17) is 0 Å². The van der Waals surface area contributed by atoms with E-state index in [9.17, 15) is 4.79 Å². The van der Waals surface area contributed by atoms with Gasteiger partial charge in [0.1, 0.15) is 0 Å². The number of amides is 1. The van der Waals surface area contributed by atoms with Crippen molar-refractivity contribution >= 4 is 38.6 Å². The first-order valence-electron chi connectivity index (χ1n) is 6.56. The predicted molar refractivity (Wildman–Crippen MR) is 87.7 cm³/mol. The number of aromatic amines is 1. The molecule has 0 spiro atoms. The lowest BCUT2D eigenvalue weighted by atomic mass is 10.1. The van der Waals surface area contributed by atoms with Crippen molar-refractivity contribution < 1.29 is 4.79 Å². The number of benzene rings is 2. The van der Waals surface area contributed by atoms with Crippen molar-refractivity contribution in [3.05, 3.63) is 57.8 Å². The highest BCUT2D eigenvalue weighted by Crippen LogP contribution is 2.28. The Balaban J connectivity index is 1.92. The molecule has 1 aromatic heterocycles. The lowest BCUT2D eigenvalue weighted by Crippen LogP contribution is -2.13. The molecule has 3 aromatic rings. The van der Waals surface area contributed by atoms with Gasteiger partial charge in [-0.05, 0) is 65.2 Å². The number of hydrogen-bond acceptors (Lipinski definition) is 2. The summed E-state index contributed by atoms with van der Waals surface area (Å²) in [6.45, 7) is 4.00. The molecule has 0 aliphatic heterocycles. The van der Waals surface area contributed by atoms with E-state index in [2.05, 4.69) is 31.2 Å². The molecule has 21 heavy (non-hydrogen) atoms. The van der Waals surface area contributed by atoms with E-state index in [0.29, 0.717) is 5.56 Å². The van der Waals surface area contributed by atoms with Crippen molar-refractivity contribution in [2.45, 2.75) is 13.8 Å². The third-order valence-electron chi connectivity index (χ3n) is 3.35. The van der Waals surface area contributed by atoms with Gasteiger partial charge in [0.2, 0.25) is 0 Å². The van der Waals surface area contributed by atoms with Crippen LogP contribution in [-0.4, -0.2) is 15.9 Å². The Labute approximate surface area is 130 Å². The molecule has 0 fully saturated rings. The van der Waals surface area contributed by atoms with Crippen LogP contribution < -0.4 is 5.32 Å². The van der Waals surface area contributed by atoms with Crippen molar-refractivity contribution in [1.82, 2.24) is 9.97 Å². The maximum atomic E-state index is 12.4. The number of rotatable bonds is 2. The third-order valence-corrected chi connectivity index (χ3v) is 3.98. The highest BCUT2D eigenvalue weighted by atomic mass is 79.9. The van der Waals surface area contributed by atoms with E-state index >= 15 is 0 Å². The zero-order valence-electron chi connectivity index (χ0n) is 11.7. The number of anilines is 1. The van der Waals surface area contributed by atoms with Crippen LogP contribution in [-0.2, 0) is 0 Å². The number of imidazole rings is 1. The standard InChI is InChI=1S/C16H14BrN3O/c1-9-5-10(2)15(12(17)6-9)20-16(21)11-3-4-13-14(7-11)19-8-18-13/h3-8H,1-2H3,(H,18,19)(H,20,21). The van der Waals surface area contributed by atoms with Crippen molar-refractivity contribution in [3.63, 3.8) is 0 Å². The Hall–Kier alpha value is -2.14. The van der Waals surface area contributed by atoms with Gasteiger partial charge in [-0.1, -0.05) is 6.07 Å². The van der Waals surface area contributed by atoms with Crippen LogP contribution in [0.25, 0.3) is 11.0 Å². The summed E-state index contributed by atoms with van der Waals surface area (Å²) < 4.78 is 0.885. The van der Waals surface area contributed by atoms with Gasteiger partial charge < -0.3 is 10.3 Å². The fourth-order valence-corrected chi connectivity index (χ4v) is 3.11. The summed E-state index contributed by atoms with van der Waals surface area (Å²) in [5.41, 5.74) is 5.27. The first-order chi connectivity index (χ1) is 10.0. The molecule has 0 bridgehead atoms. The quantitative estimate of drug-likeness (QED) is 0.732. The minimum absolute atomic E-state index is 0.140. The van der Waals surface area contributed by atoms with Gasteiger partial charge in [0, 0.05) is 10.0 Å². The summed E-state index contributed by atoms with van der Waals surface area (Å²) >= 11 is 3.50. The van der Waals surface area contributed by atoms with Crippen LogP contribution in [0.15, 0.2) is 41.1 Å². The highest BCUT2D eigenvalue weighted by molar-refractivity contribution is 9.10. The first-order valence-corrected chi connectivity index (χ1v) is 7.35. The Kier molecular flexibility index (Phi) is 3.51. The molecule has 0 saturated carbocycles. The number of hydrogen-bond donors (Lipinski definition) is 2. The zero-order chi connectivity index (χ0) is 15.0. The monoisotopic (exact) mass is 343 g/mol. The lowest BCUT2D eigenvalue weighted by Gasteiger charge is -2.12. The van der Waals surface area contributed by atoms with Crippen LogP contribution in [0, 0.1) is 13.8 Å². The molecule has 2 aromatic carbocycles.